The minimum Gasteiger partial charge on any atom is -0.481 e. The van der Waals surface area contributed by atoms with Gasteiger partial charge in [-0.25, -0.2) is 30.0 Å². The molecule has 2 aliphatic rings. The number of carboxylic acid groups (broad SMARTS) is 1. The van der Waals surface area contributed by atoms with Gasteiger partial charge in [-0.05, 0) is 143 Å². The highest BCUT2D eigenvalue weighted by Crippen LogP contribution is 2.43. The van der Waals surface area contributed by atoms with Crippen LogP contribution < -0.4 is 29.6 Å². The summed E-state index contributed by atoms with van der Waals surface area (Å²) in [4.78, 5) is 50.4. The molecule has 8 rings (SSSR count). The average molecular weight is 1240 g/mol. The van der Waals surface area contributed by atoms with Crippen LogP contribution in [-0.4, -0.2) is 63.4 Å². The zero-order valence-electron chi connectivity index (χ0n) is 43.1. The standard InChI is InChI=1S/C55H47Cl3F6N4O12S2/c1-53(2,65-51(72)30-7-12-44(80-46-26-39(60)33(19-40(46)61)22-49(69)70)42(20-30)68-81(74,75)47-13-9-29(17-36(47)57)28-5-6-28)27-78-50(71)23-32-18-35(56)45(25-38(32)59)79-43-11-8-31(52(73)66-54(3)15-4-16-54)21-41(43)67-82(76,77)48-14-10-34(24-37(48)58)55(62,63)64/h7-14,17-21,24-26,28,67-68H,4-6,15-16,22-23,27H2,1-3H3,(H,65,72)(H,66,73)(H,69,70). The second-order valence-electron chi connectivity index (χ2n) is 20.3. The Bertz CT molecular complexity index is 3810. The van der Waals surface area contributed by atoms with E-state index in [4.69, 9.17) is 54.1 Å². The summed E-state index contributed by atoms with van der Waals surface area (Å²) in [6, 6.07) is 15.7. The summed E-state index contributed by atoms with van der Waals surface area (Å²) in [6.07, 6.45) is -2.42. The number of rotatable bonds is 21. The molecule has 0 heterocycles. The minimum atomic E-state index is -4.85. The largest absolute Gasteiger partial charge is 0.481 e. The van der Waals surface area contributed by atoms with Crippen LogP contribution in [0.25, 0.3) is 0 Å². The predicted octanol–water partition coefficient (Wildman–Crippen LogP) is 12.7. The summed E-state index contributed by atoms with van der Waals surface area (Å²) in [5.74, 6) is -9.07. The first-order valence-electron chi connectivity index (χ1n) is 24.6. The van der Waals surface area contributed by atoms with Gasteiger partial charge < -0.3 is 30.0 Å². The summed E-state index contributed by atoms with van der Waals surface area (Å²) in [5.41, 5.74) is -4.30. The molecule has 6 aromatic rings. The Morgan fingerprint density at radius 2 is 1.18 bits per heavy atom. The fraction of sp³-hybridized carbons (Fsp3) is 0.273. The van der Waals surface area contributed by atoms with E-state index in [0.29, 0.717) is 43.2 Å². The van der Waals surface area contributed by atoms with E-state index in [1.54, 1.807) is 6.07 Å². The molecule has 0 unspecified atom stereocenters. The number of benzene rings is 6. The number of hydrogen-bond acceptors (Lipinski definition) is 11. The summed E-state index contributed by atoms with van der Waals surface area (Å²) in [7, 11) is -9.39. The molecule has 0 atom stereocenters. The van der Waals surface area contributed by atoms with Crippen molar-refractivity contribution in [3.05, 3.63) is 163 Å². The van der Waals surface area contributed by atoms with Crippen molar-refractivity contribution in [1.82, 2.24) is 10.6 Å². The lowest BCUT2D eigenvalue weighted by molar-refractivity contribution is -0.144. The van der Waals surface area contributed by atoms with Gasteiger partial charge in [0, 0.05) is 39.9 Å². The van der Waals surface area contributed by atoms with Gasteiger partial charge in [0.25, 0.3) is 31.9 Å². The quantitative estimate of drug-likeness (QED) is 0.0335. The number of aliphatic carboxylic acids is 1. The van der Waals surface area contributed by atoms with Crippen LogP contribution in [0.4, 0.5) is 37.7 Å². The fourth-order valence-corrected chi connectivity index (χ4v) is 11.9. The topological polar surface area (TPSA) is 233 Å². The Hall–Kier alpha value is -7.25. The van der Waals surface area contributed by atoms with E-state index in [1.807, 2.05) is 6.92 Å². The summed E-state index contributed by atoms with van der Waals surface area (Å²) in [5, 5.41) is 13.4. The van der Waals surface area contributed by atoms with Crippen molar-refractivity contribution in [2.24, 2.45) is 0 Å². The minimum absolute atomic E-state index is 0.0591. The molecule has 0 aromatic heterocycles. The Morgan fingerprint density at radius 1 is 0.646 bits per heavy atom. The van der Waals surface area contributed by atoms with Gasteiger partial charge in [-0.3, -0.25) is 28.6 Å². The molecule has 82 heavy (non-hydrogen) atoms. The van der Waals surface area contributed by atoms with E-state index in [2.05, 4.69) is 20.1 Å². The number of alkyl halides is 3. The zero-order valence-corrected chi connectivity index (χ0v) is 47.0. The number of carbonyl (C=O) groups excluding carboxylic acids is 3. The molecule has 2 fully saturated rings. The lowest BCUT2D eigenvalue weighted by Crippen LogP contribution is -2.50. The normalized spacial score (nSPS) is 14.2. The van der Waals surface area contributed by atoms with Gasteiger partial charge in [-0.1, -0.05) is 40.9 Å². The maximum atomic E-state index is 15.8. The molecule has 16 nitrogen and oxygen atoms in total. The molecule has 0 saturated heterocycles. The van der Waals surface area contributed by atoms with Crippen LogP contribution in [0.5, 0.6) is 23.0 Å². The van der Waals surface area contributed by atoms with E-state index in [0.717, 1.165) is 61.2 Å². The number of nitrogens with one attached hydrogen (secondary N) is 4. The van der Waals surface area contributed by atoms with Crippen LogP contribution in [0.2, 0.25) is 15.1 Å². The third-order valence-electron chi connectivity index (χ3n) is 13.1. The highest BCUT2D eigenvalue weighted by Gasteiger charge is 2.35. The third-order valence-corrected chi connectivity index (χ3v) is 17.0. The van der Waals surface area contributed by atoms with Gasteiger partial charge in [0.2, 0.25) is 0 Å². The predicted molar refractivity (Wildman–Crippen MR) is 290 cm³/mol. The number of carboxylic acids is 1. The maximum Gasteiger partial charge on any atom is 0.416 e. The number of hydrogen-bond donors (Lipinski definition) is 5. The molecule has 6 aromatic carbocycles. The second kappa shape index (κ2) is 23.5. The lowest BCUT2D eigenvalue weighted by atomic mass is 9.78. The van der Waals surface area contributed by atoms with Crippen LogP contribution in [-0.2, 0) is 53.4 Å². The molecule has 2 saturated carbocycles. The first-order chi connectivity index (χ1) is 38.3. The van der Waals surface area contributed by atoms with Crippen LogP contribution in [0, 0.1) is 17.5 Å². The van der Waals surface area contributed by atoms with Crippen molar-refractivity contribution < 1.29 is 81.7 Å². The first kappa shape index (κ1) is 60.8. The van der Waals surface area contributed by atoms with Crippen LogP contribution in [0.15, 0.2) is 107 Å². The first-order valence-corrected chi connectivity index (χ1v) is 28.7. The van der Waals surface area contributed by atoms with Gasteiger partial charge in [0.05, 0.1) is 50.4 Å². The number of carbonyl (C=O) groups is 4. The Labute approximate surface area is 480 Å². The third kappa shape index (κ3) is 14.7. The molecule has 27 heteroatoms. The SMILES string of the molecule is CC(C)(COC(=O)Cc1cc(Cl)c(Oc2ccc(C(=O)NC3(C)CCC3)cc2NS(=O)(=O)c2ccc(C(F)(F)F)cc2Cl)cc1F)NC(=O)c1ccc(Oc2cc(F)c(CC(=O)O)cc2F)c(NS(=O)(=O)c2ccc(C3CC3)cc2Cl)c1. The van der Waals surface area contributed by atoms with Gasteiger partial charge in [0.15, 0.2) is 23.1 Å². The number of esters is 1. The molecule has 2 aliphatic carbocycles. The van der Waals surface area contributed by atoms with Gasteiger partial charge in [-0.15, -0.1) is 0 Å². The van der Waals surface area contributed by atoms with Crippen LogP contribution in [0.1, 0.15) is 102 Å². The summed E-state index contributed by atoms with van der Waals surface area (Å²) in [6.45, 7) is 4.18. The van der Waals surface area contributed by atoms with Crippen molar-refractivity contribution >= 4 is 90.0 Å². The number of sulfonamides is 2. The Balaban J connectivity index is 0.965. The maximum absolute atomic E-state index is 15.8. The van der Waals surface area contributed by atoms with E-state index in [-0.39, 0.29) is 43.3 Å². The van der Waals surface area contributed by atoms with Crippen molar-refractivity contribution in [3.63, 3.8) is 0 Å². The molecule has 434 valence electrons. The molecular formula is C55H47Cl3F6N4O12S2. The van der Waals surface area contributed by atoms with Crippen molar-refractivity contribution in [2.45, 2.75) is 98.7 Å². The van der Waals surface area contributed by atoms with E-state index in [1.165, 1.54) is 38.1 Å². The number of anilines is 2. The van der Waals surface area contributed by atoms with Crippen LogP contribution in [0.3, 0.4) is 0 Å². The second-order valence-corrected chi connectivity index (χ2v) is 24.8. The van der Waals surface area contributed by atoms with Gasteiger partial charge >= 0.3 is 18.1 Å². The molecule has 0 aliphatic heterocycles. The van der Waals surface area contributed by atoms with Crippen molar-refractivity contribution in [1.29, 1.82) is 0 Å². The Morgan fingerprint density at radius 3 is 1.71 bits per heavy atom. The molecular weight excluding hydrogens is 1190 g/mol. The molecule has 0 radical (unpaired) electrons. The van der Waals surface area contributed by atoms with E-state index < -0.39 is 148 Å². The molecule has 5 N–H and O–H groups in total. The van der Waals surface area contributed by atoms with Crippen molar-refractivity contribution in [3.8, 4) is 23.0 Å². The number of ether oxygens (including phenoxy) is 3. The van der Waals surface area contributed by atoms with E-state index >= 15 is 8.78 Å². The summed E-state index contributed by atoms with van der Waals surface area (Å²) < 4.78 is 162. The number of amides is 2. The zero-order chi connectivity index (χ0) is 59.9. The monoisotopic (exact) mass is 1240 g/mol. The molecule has 2 amide bonds. The highest BCUT2D eigenvalue weighted by atomic mass is 35.5. The highest BCUT2D eigenvalue weighted by molar-refractivity contribution is 7.93. The lowest BCUT2D eigenvalue weighted by Gasteiger charge is -2.39. The van der Waals surface area contributed by atoms with Gasteiger partial charge in [-0.2, -0.15) is 13.2 Å². The summed E-state index contributed by atoms with van der Waals surface area (Å²) >= 11 is 19.0. The van der Waals surface area contributed by atoms with Crippen LogP contribution >= 0.6 is 34.8 Å². The smallest absolute Gasteiger partial charge is 0.416 e. The van der Waals surface area contributed by atoms with E-state index in [9.17, 15) is 53.6 Å². The fourth-order valence-electron chi connectivity index (χ4n) is 8.41. The number of halogens is 9. The Kier molecular flexibility index (Phi) is 17.5. The van der Waals surface area contributed by atoms with Crippen molar-refractivity contribution in [2.75, 3.05) is 16.1 Å². The molecule has 0 spiro atoms. The van der Waals surface area contributed by atoms with Gasteiger partial charge in [0.1, 0.15) is 33.8 Å². The molecule has 0 bridgehead atoms. The average Bonchev–Trinajstić information content (AvgIpc) is 3.53.